The van der Waals surface area contributed by atoms with Gasteiger partial charge in [-0.25, -0.2) is 0 Å². The zero-order valence-electron chi connectivity index (χ0n) is 11.6. The lowest BCUT2D eigenvalue weighted by Gasteiger charge is -2.39. The van der Waals surface area contributed by atoms with Crippen LogP contribution in [0.4, 0.5) is 0 Å². The highest BCUT2D eigenvalue weighted by atomic mass is 15.2. The summed E-state index contributed by atoms with van der Waals surface area (Å²) in [6, 6.07) is 0.773. The van der Waals surface area contributed by atoms with Gasteiger partial charge in [-0.1, -0.05) is 40.5 Å². The molecule has 16 heavy (non-hydrogen) atoms. The molecule has 0 spiro atoms. The Morgan fingerprint density at radius 2 is 1.94 bits per heavy atom. The summed E-state index contributed by atoms with van der Waals surface area (Å²) in [5.74, 6) is 1.71. The van der Waals surface area contributed by atoms with Gasteiger partial charge in [0.2, 0.25) is 0 Å². The number of hydrogen-bond acceptors (Lipinski definition) is 2. The maximum absolute atomic E-state index is 3.54. The van der Waals surface area contributed by atoms with Crippen LogP contribution >= 0.6 is 0 Å². The first kappa shape index (κ1) is 14.0. The number of nitrogens with one attached hydrogen (secondary N) is 1. The molecule has 0 bridgehead atoms. The summed E-state index contributed by atoms with van der Waals surface area (Å²) in [4.78, 5) is 2.73. The molecule has 0 saturated carbocycles. The van der Waals surface area contributed by atoms with E-state index in [1.54, 1.807) is 0 Å². The van der Waals surface area contributed by atoms with Crippen LogP contribution in [0.5, 0.6) is 0 Å². The normalized spacial score (nSPS) is 23.2. The third-order valence-electron chi connectivity index (χ3n) is 3.86. The van der Waals surface area contributed by atoms with E-state index in [1.165, 1.54) is 45.4 Å². The summed E-state index contributed by atoms with van der Waals surface area (Å²) in [6.07, 6.45) is 4.00. The van der Waals surface area contributed by atoms with Crippen LogP contribution in [0.1, 0.15) is 47.0 Å². The van der Waals surface area contributed by atoms with Crippen molar-refractivity contribution >= 4 is 0 Å². The van der Waals surface area contributed by atoms with Gasteiger partial charge in [0.25, 0.3) is 0 Å². The fraction of sp³-hybridized carbons (Fsp3) is 1.00. The monoisotopic (exact) mass is 226 g/mol. The van der Waals surface area contributed by atoms with Crippen LogP contribution < -0.4 is 5.32 Å². The van der Waals surface area contributed by atoms with E-state index in [-0.39, 0.29) is 0 Å². The Kier molecular flexibility index (Phi) is 6.37. The topological polar surface area (TPSA) is 15.3 Å². The molecule has 2 nitrogen and oxygen atoms in total. The summed E-state index contributed by atoms with van der Waals surface area (Å²) in [6.45, 7) is 14.3. The summed E-state index contributed by atoms with van der Waals surface area (Å²) in [5.41, 5.74) is 0. The molecule has 1 unspecified atom stereocenters. The van der Waals surface area contributed by atoms with Crippen molar-refractivity contribution in [2.45, 2.75) is 53.0 Å². The Morgan fingerprint density at radius 1 is 1.25 bits per heavy atom. The third-order valence-corrected chi connectivity index (χ3v) is 3.86. The van der Waals surface area contributed by atoms with Crippen LogP contribution in [0, 0.1) is 11.8 Å². The second-order valence-corrected chi connectivity index (χ2v) is 5.66. The average molecular weight is 226 g/mol. The molecule has 0 radical (unpaired) electrons. The Morgan fingerprint density at radius 3 is 2.50 bits per heavy atom. The Balaban J connectivity index is 2.45. The van der Waals surface area contributed by atoms with E-state index in [1.807, 2.05) is 0 Å². The maximum atomic E-state index is 3.54. The highest BCUT2D eigenvalue weighted by Gasteiger charge is 2.24. The lowest BCUT2D eigenvalue weighted by molar-refractivity contribution is 0.118. The molecule has 0 aromatic heterocycles. The lowest BCUT2D eigenvalue weighted by Crippen LogP contribution is -2.52. The Hall–Kier alpha value is -0.0800. The first-order valence-electron chi connectivity index (χ1n) is 7.12. The molecule has 1 rings (SSSR count). The molecule has 1 N–H and O–H groups in total. The molecule has 1 aliphatic rings. The van der Waals surface area contributed by atoms with Gasteiger partial charge in [-0.15, -0.1) is 0 Å². The summed E-state index contributed by atoms with van der Waals surface area (Å²) >= 11 is 0. The maximum Gasteiger partial charge on any atom is 0.0223 e. The minimum atomic E-state index is 0.773. The molecule has 1 saturated heterocycles. The van der Waals surface area contributed by atoms with Crippen molar-refractivity contribution in [1.29, 1.82) is 0 Å². The van der Waals surface area contributed by atoms with Crippen LogP contribution in [-0.2, 0) is 0 Å². The van der Waals surface area contributed by atoms with Crippen LogP contribution in [0.25, 0.3) is 0 Å². The zero-order chi connectivity index (χ0) is 12.0. The molecule has 0 amide bonds. The second-order valence-electron chi connectivity index (χ2n) is 5.66. The van der Waals surface area contributed by atoms with Crippen molar-refractivity contribution in [2.75, 3.05) is 26.2 Å². The lowest BCUT2D eigenvalue weighted by atomic mass is 9.97. The van der Waals surface area contributed by atoms with E-state index in [0.29, 0.717) is 0 Å². The van der Waals surface area contributed by atoms with Crippen LogP contribution in [0.15, 0.2) is 0 Å². The predicted molar refractivity (Wildman–Crippen MR) is 71.8 cm³/mol. The molecule has 0 aromatic carbocycles. The molecule has 2 heteroatoms. The summed E-state index contributed by atoms with van der Waals surface area (Å²) in [7, 11) is 0. The highest BCUT2D eigenvalue weighted by molar-refractivity contribution is 4.81. The Bertz CT molecular complexity index is 176. The average Bonchev–Trinajstić information content (AvgIpc) is 2.27. The summed E-state index contributed by atoms with van der Waals surface area (Å²) < 4.78 is 0. The van der Waals surface area contributed by atoms with Crippen molar-refractivity contribution in [3.63, 3.8) is 0 Å². The Labute approximate surface area is 102 Å². The smallest absolute Gasteiger partial charge is 0.0223 e. The molecule has 1 atom stereocenters. The quantitative estimate of drug-likeness (QED) is 0.749. The molecule has 1 fully saturated rings. The van der Waals surface area contributed by atoms with E-state index in [9.17, 15) is 0 Å². The van der Waals surface area contributed by atoms with Crippen LogP contribution in [-0.4, -0.2) is 37.1 Å². The van der Waals surface area contributed by atoms with Crippen molar-refractivity contribution in [1.82, 2.24) is 10.2 Å². The van der Waals surface area contributed by atoms with Crippen molar-refractivity contribution < 1.29 is 0 Å². The molecular formula is C14H30N2. The van der Waals surface area contributed by atoms with Crippen molar-refractivity contribution in [3.8, 4) is 0 Å². The molecule has 96 valence electrons. The molecule has 1 aliphatic heterocycles. The number of rotatable bonds is 6. The van der Waals surface area contributed by atoms with Crippen LogP contribution in [0.3, 0.4) is 0 Å². The van der Waals surface area contributed by atoms with Crippen molar-refractivity contribution in [3.05, 3.63) is 0 Å². The predicted octanol–water partition coefficient (Wildman–Crippen LogP) is 2.74. The highest BCUT2D eigenvalue weighted by Crippen LogP contribution is 2.17. The summed E-state index contributed by atoms with van der Waals surface area (Å²) in [5, 5.41) is 3.54. The molecular weight excluding hydrogens is 196 g/mol. The number of nitrogens with zero attached hydrogens (tertiary/aromatic N) is 1. The zero-order valence-corrected chi connectivity index (χ0v) is 11.6. The fourth-order valence-corrected chi connectivity index (χ4v) is 2.70. The third kappa shape index (κ3) is 4.42. The molecule has 1 heterocycles. The molecule has 0 aliphatic carbocycles. The van der Waals surface area contributed by atoms with Gasteiger partial charge in [-0.2, -0.15) is 0 Å². The standard InChI is InChI=1S/C14H30N2/c1-5-13(6-2)11-16-8-7-15-10-14(16)9-12(3)4/h12-15H,5-11H2,1-4H3. The van der Waals surface area contributed by atoms with Gasteiger partial charge >= 0.3 is 0 Å². The largest absolute Gasteiger partial charge is 0.314 e. The van der Waals surface area contributed by atoms with Crippen molar-refractivity contribution in [2.24, 2.45) is 11.8 Å². The van der Waals surface area contributed by atoms with Gasteiger partial charge < -0.3 is 5.32 Å². The van der Waals surface area contributed by atoms with E-state index in [0.717, 1.165) is 17.9 Å². The fourth-order valence-electron chi connectivity index (χ4n) is 2.70. The number of hydrogen-bond donors (Lipinski definition) is 1. The first-order valence-corrected chi connectivity index (χ1v) is 7.12. The van der Waals surface area contributed by atoms with Gasteiger partial charge in [0, 0.05) is 32.2 Å². The van der Waals surface area contributed by atoms with Crippen LogP contribution in [0.2, 0.25) is 0 Å². The van der Waals surface area contributed by atoms with Gasteiger partial charge in [0.1, 0.15) is 0 Å². The van der Waals surface area contributed by atoms with Gasteiger partial charge in [0.05, 0.1) is 0 Å². The van der Waals surface area contributed by atoms with E-state index in [2.05, 4.69) is 37.9 Å². The van der Waals surface area contributed by atoms with E-state index < -0.39 is 0 Å². The van der Waals surface area contributed by atoms with E-state index in [4.69, 9.17) is 0 Å². The second kappa shape index (κ2) is 7.29. The van der Waals surface area contributed by atoms with Gasteiger partial charge in [0.15, 0.2) is 0 Å². The first-order chi connectivity index (χ1) is 7.67. The van der Waals surface area contributed by atoms with E-state index >= 15 is 0 Å². The minimum absolute atomic E-state index is 0.773. The minimum Gasteiger partial charge on any atom is -0.314 e. The SMILES string of the molecule is CCC(CC)CN1CCNCC1CC(C)C. The van der Waals surface area contributed by atoms with Gasteiger partial charge in [-0.3, -0.25) is 4.90 Å². The van der Waals surface area contributed by atoms with Gasteiger partial charge in [-0.05, 0) is 18.3 Å². The number of piperazine rings is 1. The molecule has 0 aromatic rings.